The molecule has 0 aliphatic carbocycles. The molecule has 2 heterocycles. The molecule has 9 heteroatoms. The van der Waals surface area contributed by atoms with Gasteiger partial charge in [-0.3, -0.25) is 4.98 Å². The Labute approximate surface area is 159 Å². The first-order chi connectivity index (χ1) is 12.8. The molecule has 1 aromatic carbocycles. The number of nitrogens with one attached hydrogen (secondary N) is 2. The summed E-state index contributed by atoms with van der Waals surface area (Å²) in [6, 6.07) is 5.19. The van der Waals surface area contributed by atoms with Crippen molar-refractivity contribution in [3.63, 3.8) is 0 Å². The third-order valence-corrected chi connectivity index (χ3v) is 4.50. The summed E-state index contributed by atoms with van der Waals surface area (Å²) >= 11 is 6.12. The fourth-order valence-electron chi connectivity index (χ4n) is 2.80. The molecular formula is C18H19ClF2N6. The lowest BCUT2D eigenvalue weighted by molar-refractivity contribution is -0.0195. The minimum atomic E-state index is -2.88. The summed E-state index contributed by atoms with van der Waals surface area (Å²) in [5.41, 5.74) is 9.19. The Bertz CT molecular complexity index is 1030. The van der Waals surface area contributed by atoms with E-state index in [2.05, 4.69) is 20.4 Å². The topological polar surface area (TPSA) is 79.0 Å². The predicted octanol–water partition coefficient (Wildman–Crippen LogP) is 5.27. The van der Waals surface area contributed by atoms with Crippen LogP contribution < -0.4 is 5.32 Å². The molecule has 0 unspecified atom stereocenters. The van der Waals surface area contributed by atoms with E-state index in [1.807, 2.05) is 0 Å². The van der Waals surface area contributed by atoms with Crippen LogP contribution >= 0.6 is 11.6 Å². The van der Waals surface area contributed by atoms with Crippen molar-refractivity contribution in [3.8, 4) is 0 Å². The van der Waals surface area contributed by atoms with Gasteiger partial charge in [0.05, 0.1) is 36.0 Å². The van der Waals surface area contributed by atoms with E-state index < -0.39 is 12.5 Å². The van der Waals surface area contributed by atoms with E-state index >= 15 is 0 Å². The highest BCUT2D eigenvalue weighted by Gasteiger charge is 2.29. The summed E-state index contributed by atoms with van der Waals surface area (Å²) in [6.45, 7) is 2.83. The van der Waals surface area contributed by atoms with Crippen LogP contribution in [0, 0.1) is 5.53 Å². The lowest BCUT2D eigenvalue weighted by Gasteiger charge is -2.18. The van der Waals surface area contributed by atoms with Gasteiger partial charge in [0.1, 0.15) is 11.3 Å². The maximum Gasteiger partial charge on any atom is 0.265 e. The van der Waals surface area contributed by atoms with E-state index in [4.69, 9.17) is 17.1 Å². The van der Waals surface area contributed by atoms with Gasteiger partial charge >= 0.3 is 0 Å². The molecule has 0 bridgehead atoms. The summed E-state index contributed by atoms with van der Waals surface area (Å²) in [6.07, 6.45) is 2.85. The molecule has 142 valence electrons. The fourth-order valence-corrected chi connectivity index (χ4v) is 2.98. The van der Waals surface area contributed by atoms with Gasteiger partial charge in [-0.05, 0) is 25.1 Å². The van der Waals surface area contributed by atoms with E-state index in [0.29, 0.717) is 38.5 Å². The Kier molecular flexibility index (Phi) is 5.36. The zero-order valence-electron chi connectivity index (χ0n) is 14.9. The molecule has 0 atom stereocenters. The molecule has 27 heavy (non-hydrogen) atoms. The maximum absolute atomic E-state index is 14.2. The smallest absolute Gasteiger partial charge is 0.265 e. The van der Waals surface area contributed by atoms with Crippen molar-refractivity contribution in [3.05, 3.63) is 47.1 Å². The normalized spacial score (nSPS) is 12.7. The van der Waals surface area contributed by atoms with Gasteiger partial charge in [0.2, 0.25) is 0 Å². The highest BCUT2D eigenvalue weighted by molar-refractivity contribution is 6.31. The number of fused-ring (bicyclic) bond motifs is 3. The first-order valence-electron chi connectivity index (χ1n) is 8.43. The van der Waals surface area contributed by atoms with Crippen molar-refractivity contribution in [1.82, 2.24) is 19.9 Å². The zero-order valence-corrected chi connectivity index (χ0v) is 15.7. The van der Waals surface area contributed by atoms with Crippen LogP contribution in [0.4, 0.5) is 8.78 Å². The van der Waals surface area contributed by atoms with Crippen LogP contribution in [0.1, 0.15) is 26.1 Å². The average Bonchev–Trinajstić information content (AvgIpc) is 2.98. The number of halogens is 3. The van der Waals surface area contributed by atoms with Gasteiger partial charge in [-0.2, -0.15) is 5.11 Å². The molecule has 0 saturated heterocycles. The Morgan fingerprint density at radius 2 is 2.19 bits per heavy atom. The van der Waals surface area contributed by atoms with Crippen LogP contribution in [0.25, 0.3) is 21.9 Å². The largest absolute Gasteiger partial charge is 0.382 e. The Morgan fingerprint density at radius 1 is 1.41 bits per heavy atom. The van der Waals surface area contributed by atoms with Crippen LogP contribution in [0.5, 0.6) is 0 Å². The minimum absolute atomic E-state index is 0.212. The fraction of sp³-hybridized carbons (Fsp3) is 0.333. The van der Waals surface area contributed by atoms with Crippen molar-refractivity contribution in [2.24, 2.45) is 5.11 Å². The molecule has 3 rings (SSSR count). The third-order valence-electron chi connectivity index (χ3n) is 4.27. The van der Waals surface area contributed by atoms with E-state index in [0.717, 1.165) is 0 Å². The van der Waals surface area contributed by atoms with Crippen molar-refractivity contribution in [2.75, 3.05) is 0 Å². The van der Waals surface area contributed by atoms with E-state index in [1.54, 1.807) is 37.5 Å². The first-order valence-corrected chi connectivity index (χ1v) is 8.81. The molecule has 0 saturated carbocycles. The number of allylic oxidation sites excluding steroid dienone is 1. The summed E-state index contributed by atoms with van der Waals surface area (Å²) < 4.78 is 30.0. The Hall–Kier alpha value is -2.61. The highest BCUT2D eigenvalue weighted by Crippen LogP contribution is 2.30. The number of nitrogens with zero attached hydrogens (tertiary/aromatic N) is 4. The molecule has 2 N–H and O–H groups in total. The molecule has 0 radical (unpaired) electrons. The van der Waals surface area contributed by atoms with Crippen LogP contribution in [-0.2, 0) is 13.1 Å². The second kappa shape index (κ2) is 7.56. The number of aromatic nitrogens is 3. The van der Waals surface area contributed by atoms with Crippen LogP contribution in [0.3, 0.4) is 0 Å². The summed E-state index contributed by atoms with van der Waals surface area (Å²) in [5, 5.41) is 7.43. The molecule has 2 aromatic heterocycles. The number of alkyl halides is 2. The molecule has 0 aliphatic rings. The van der Waals surface area contributed by atoms with Gasteiger partial charge in [-0.1, -0.05) is 18.5 Å². The zero-order chi connectivity index (χ0) is 19.6. The summed E-state index contributed by atoms with van der Waals surface area (Å²) in [7, 11) is 0. The second-order valence-electron chi connectivity index (χ2n) is 6.26. The molecule has 6 nitrogen and oxygen atoms in total. The van der Waals surface area contributed by atoms with Crippen molar-refractivity contribution >= 4 is 33.5 Å². The number of benzene rings is 1. The predicted molar refractivity (Wildman–Crippen MR) is 101 cm³/mol. The maximum atomic E-state index is 14.2. The molecule has 0 fully saturated rings. The van der Waals surface area contributed by atoms with Gasteiger partial charge in [-0.15, -0.1) is 0 Å². The summed E-state index contributed by atoms with van der Waals surface area (Å²) in [4.78, 5) is 8.84. The number of hydrogen-bond donors (Lipinski definition) is 2. The Balaban J connectivity index is 2.17. The highest BCUT2D eigenvalue weighted by atomic mass is 35.5. The summed E-state index contributed by atoms with van der Waals surface area (Å²) in [5.74, 6) is -2.43. The monoisotopic (exact) mass is 392 g/mol. The van der Waals surface area contributed by atoms with Crippen LogP contribution in [-0.4, -0.2) is 20.5 Å². The van der Waals surface area contributed by atoms with Crippen molar-refractivity contribution in [1.29, 1.82) is 5.53 Å². The average molecular weight is 393 g/mol. The molecule has 0 aliphatic heterocycles. The SMILES string of the molecule is CCC(F)(F)Cn1c(CN/C=C(/C)N=N)nc2cnc3ccc(Cl)cc3c21. The van der Waals surface area contributed by atoms with Crippen molar-refractivity contribution < 1.29 is 8.78 Å². The molecule has 0 amide bonds. The third kappa shape index (κ3) is 4.05. The standard InChI is InChI=1S/C18H19ClF2N6/c1-3-18(20,21)10-27-16(9-23-7-11(2)26-22)25-15-8-24-14-5-4-12(19)6-13(14)17(15)27/h4-8,22-23H,3,9-10H2,1-2H3/b11-7-,26-22?. The lowest BCUT2D eigenvalue weighted by atomic mass is 10.2. The number of pyridine rings is 1. The Morgan fingerprint density at radius 3 is 2.89 bits per heavy atom. The number of rotatable bonds is 7. The van der Waals surface area contributed by atoms with Gasteiger partial charge < -0.3 is 9.88 Å². The lowest BCUT2D eigenvalue weighted by Crippen LogP contribution is -2.25. The van der Waals surface area contributed by atoms with Crippen molar-refractivity contribution in [2.45, 2.75) is 39.3 Å². The molecule has 0 spiro atoms. The molecule has 3 aromatic rings. The molecular weight excluding hydrogens is 374 g/mol. The van der Waals surface area contributed by atoms with Gasteiger partial charge in [0.25, 0.3) is 5.92 Å². The number of hydrogen-bond acceptors (Lipinski definition) is 5. The quantitative estimate of drug-likeness (QED) is 0.538. The van der Waals surface area contributed by atoms with Crippen LogP contribution in [0.15, 0.2) is 41.4 Å². The van der Waals surface area contributed by atoms with E-state index in [1.165, 1.54) is 11.5 Å². The number of imidazole rings is 1. The van der Waals surface area contributed by atoms with Gasteiger partial charge in [-0.25, -0.2) is 19.3 Å². The second-order valence-corrected chi connectivity index (χ2v) is 6.69. The van der Waals surface area contributed by atoms with Crippen LogP contribution in [0.2, 0.25) is 5.02 Å². The van der Waals surface area contributed by atoms with Gasteiger partial charge in [0, 0.05) is 23.0 Å². The van der Waals surface area contributed by atoms with Gasteiger partial charge in [0.15, 0.2) is 0 Å². The first kappa shape index (κ1) is 19.2. The van der Waals surface area contributed by atoms with E-state index in [9.17, 15) is 8.78 Å². The van der Waals surface area contributed by atoms with E-state index in [-0.39, 0.29) is 13.0 Å². The minimum Gasteiger partial charge on any atom is -0.382 e.